The van der Waals surface area contributed by atoms with Gasteiger partial charge in [0.25, 0.3) is 5.91 Å². The maximum atomic E-state index is 16.3. The predicted molar refractivity (Wildman–Crippen MR) is 339 cm³/mol. The van der Waals surface area contributed by atoms with Crippen LogP contribution < -0.4 is 36.5 Å². The van der Waals surface area contributed by atoms with Crippen molar-refractivity contribution in [2.24, 2.45) is 5.73 Å². The van der Waals surface area contributed by atoms with E-state index >= 15 is 4.39 Å². The van der Waals surface area contributed by atoms with Crippen LogP contribution in [0.1, 0.15) is 137 Å². The molecule has 4 saturated heterocycles. The summed E-state index contributed by atoms with van der Waals surface area (Å²) >= 11 is 0. The van der Waals surface area contributed by atoms with E-state index in [1.54, 1.807) is 52.7 Å². The van der Waals surface area contributed by atoms with E-state index in [0.29, 0.717) is 116 Å². The Bertz CT molecular complexity index is 3720. The second-order valence-electron chi connectivity index (χ2n) is 25.0. The zero-order valence-electron chi connectivity index (χ0n) is 52.1. The van der Waals surface area contributed by atoms with Crippen molar-refractivity contribution < 1.29 is 47.5 Å². The molecule has 3 aromatic carbocycles. The molecule has 12 rings (SSSR count). The van der Waals surface area contributed by atoms with Crippen LogP contribution in [-0.2, 0) is 40.0 Å². The first-order valence-electron chi connectivity index (χ1n) is 32.1. The molecule has 6 aromatic rings. The van der Waals surface area contributed by atoms with Crippen LogP contribution in [0.5, 0.6) is 0 Å². The van der Waals surface area contributed by atoms with Gasteiger partial charge in [0.1, 0.15) is 43.3 Å². The van der Waals surface area contributed by atoms with E-state index < -0.39 is 29.5 Å². The number of nitrogens with zero attached hydrogens (tertiary/aromatic N) is 11. The fourth-order valence-corrected chi connectivity index (χ4v) is 13.7. The number of piperidine rings is 3. The largest absolute Gasteiger partial charge is 0.462 e. The number of fused-ring (bicyclic) bond motifs is 2. The number of likely N-dealkylation sites (N-methyl/N-ethyl adjacent to an activating group) is 1. The highest BCUT2D eigenvalue weighted by Crippen LogP contribution is 2.43. The maximum Gasteiger partial charge on any atom is 0.340 e. The summed E-state index contributed by atoms with van der Waals surface area (Å²) in [5.74, 6) is -2.05. The maximum absolute atomic E-state index is 16.3. The minimum atomic E-state index is -0.688. The lowest BCUT2D eigenvalue weighted by atomic mass is 9.88. The number of benzene rings is 3. The van der Waals surface area contributed by atoms with Crippen LogP contribution in [0, 0.1) is 5.82 Å². The molecular formula is C65H82FN16O9+. The Labute approximate surface area is 527 Å². The van der Waals surface area contributed by atoms with Crippen LogP contribution in [0.2, 0.25) is 0 Å². The first kappa shape index (κ1) is 63.5. The normalized spacial score (nSPS) is 19.1. The topological polar surface area (TPSA) is 294 Å². The quantitative estimate of drug-likeness (QED) is 0.0270. The van der Waals surface area contributed by atoms with E-state index in [9.17, 15) is 38.4 Å². The van der Waals surface area contributed by atoms with Gasteiger partial charge < -0.3 is 51.3 Å². The Hall–Kier alpha value is -9.07. The molecule has 6 N–H and O–H groups in total. The van der Waals surface area contributed by atoms with Crippen LogP contribution >= 0.6 is 0 Å². The molecule has 1 atom stereocenters. The van der Waals surface area contributed by atoms with E-state index in [1.807, 2.05) is 41.1 Å². The highest BCUT2D eigenvalue weighted by molar-refractivity contribution is 6.01. The van der Waals surface area contributed by atoms with E-state index in [2.05, 4.69) is 43.3 Å². The Kier molecular flexibility index (Phi) is 19.5. The third-order valence-electron chi connectivity index (χ3n) is 18.5. The fraction of sp³-hybridized carbons (Fsp3) is 0.508. The van der Waals surface area contributed by atoms with Gasteiger partial charge >= 0.3 is 17.9 Å². The number of unbranched alkanes of at least 4 members (excludes halogenated alkanes) is 4. The van der Waals surface area contributed by atoms with Gasteiger partial charge in [0, 0.05) is 106 Å². The summed E-state index contributed by atoms with van der Waals surface area (Å²) in [6.45, 7) is 7.77. The summed E-state index contributed by atoms with van der Waals surface area (Å²) in [7, 11) is 1.82. The number of hydrogen-bond donors (Lipinski definition) is 5. The van der Waals surface area contributed by atoms with Gasteiger partial charge in [-0.2, -0.15) is 5.10 Å². The lowest BCUT2D eigenvalue weighted by molar-refractivity contribution is -0.147. The SMILES string of the molecule is CC(C)OC(=O)CNC(=O)CNC(=O)Cn1nc2c3c(cccc31)-c1cc3c(cnn3[N+]3(C(=O)CCC(=O)NCCCCCCCC(=O)N4CCC(c5ccc(Nc6nc(N7CCC[C@@H](N8CCN(C)C8=O)C7)cnc6C(N)=O)cc5)CC4)CCC2CC3)cc1F. The van der Waals surface area contributed by atoms with Crippen molar-refractivity contribution in [3.8, 4) is 11.1 Å². The molecule has 4 fully saturated rings. The molecule has 6 aliphatic rings. The van der Waals surface area contributed by atoms with Crippen molar-refractivity contribution in [1.82, 2.24) is 64.9 Å². The molecule has 3 aromatic heterocycles. The highest BCUT2D eigenvalue weighted by Gasteiger charge is 2.47. The monoisotopic (exact) mass is 1250 g/mol. The minimum Gasteiger partial charge on any atom is -0.462 e. The molecule has 0 spiro atoms. The molecule has 0 unspecified atom stereocenters. The number of amides is 8. The number of primary amides is 1. The Balaban J connectivity index is 0.603. The van der Waals surface area contributed by atoms with Crippen LogP contribution in [0.3, 0.4) is 0 Å². The van der Waals surface area contributed by atoms with Crippen molar-refractivity contribution in [3.63, 3.8) is 0 Å². The fourth-order valence-electron chi connectivity index (χ4n) is 13.7. The molecular weight excluding hydrogens is 1170 g/mol. The third-order valence-corrected chi connectivity index (χ3v) is 18.5. The molecule has 0 saturated carbocycles. The number of hydrogen-bond acceptors (Lipinski definition) is 15. The number of likely N-dealkylation sites (tertiary alicyclic amines) is 1. The van der Waals surface area contributed by atoms with Crippen LogP contribution in [0.4, 0.5) is 26.5 Å². The number of ether oxygens (including phenoxy) is 1. The summed E-state index contributed by atoms with van der Waals surface area (Å²) in [4.78, 5) is 123. The standard InChI is InChI=1S/C65H81FN16O9/c1-41(2)91-59(88)38-70-55(84)37-69-56(85)40-80-51-13-9-12-48-49-34-52-45(33-50(49)66)35-72-81(52)82(31-23-44(24-32-82)61(75-80)60(48)51)58(87)20-19-54(83)68-25-8-6-4-5-7-14-57(86)77-27-21-43(22-28-77)42-15-17-46(18-16-42)73-64-62(63(67)89)71-36-53(74-64)78-26-10-11-47(39-78)79-30-29-76(3)65(79)90/h9,12-13,15-18,33-36,41,43-44,47H,4-8,10-11,14,19-32,37-40H2,1-3H3,(H5-,67,68,69,70,73,74,83,84,85,89)/p+1/t44?,47-,82?/m1/s1. The molecule has 9 heterocycles. The molecule has 482 valence electrons. The van der Waals surface area contributed by atoms with Gasteiger partial charge in [0.15, 0.2) is 11.5 Å². The zero-order chi connectivity index (χ0) is 63.9. The summed E-state index contributed by atoms with van der Waals surface area (Å²) < 4.78 is 22.7. The number of urea groups is 1. The molecule has 8 amide bonds. The van der Waals surface area contributed by atoms with E-state index in [4.69, 9.17) is 25.7 Å². The molecule has 0 radical (unpaired) electrons. The smallest absolute Gasteiger partial charge is 0.340 e. The van der Waals surface area contributed by atoms with Crippen molar-refractivity contribution >= 4 is 86.6 Å². The molecule has 4 bridgehead atoms. The van der Waals surface area contributed by atoms with E-state index in [1.165, 1.54) is 11.6 Å². The number of nitrogens with one attached hydrogen (secondary N) is 4. The van der Waals surface area contributed by atoms with Gasteiger partial charge in [-0.3, -0.25) is 33.4 Å². The van der Waals surface area contributed by atoms with Crippen LogP contribution in [0.15, 0.2) is 67.0 Å². The van der Waals surface area contributed by atoms with Crippen molar-refractivity contribution in [2.75, 3.05) is 89.3 Å². The molecule has 26 heteroatoms. The molecule has 91 heavy (non-hydrogen) atoms. The van der Waals surface area contributed by atoms with Crippen molar-refractivity contribution in [3.05, 3.63) is 89.8 Å². The van der Waals surface area contributed by atoms with Gasteiger partial charge in [0.05, 0.1) is 48.7 Å². The summed E-state index contributed by atoms with van der Waals surface area (Å²) in [6, 6.07) is 16.7. The van der Waals surface area contributed by atoms with E-state index in [0.717, 1.165) is 70.0 Å². The first-order chi connectivity index (χ1) is 43.9. The number of anilines is 3. The van der Waals surface area contributed by atoms with Crippen molar-refractivity contribution in [2.45, 2.75) is 134 Å². The number of esters is 1. The van der Waals surface area contributed by atoms with Gasteiger partial charge in [-0.25, -0.2) is 23.9 Å². The molecule has 0 aliphatic carbocycles. The number of carbonyl (C=O) groups excluding carboxylic acids is 8. The van der Waals surface area contributed by atoms with Gasteiger partial charge in [-0.15, -0.1) is 9.69 Å². The first-order valence-corrected chi connectivity index (χ1v) is 32.1. The number of quaternary nitrogens is 1. The third kappa shape index (κ3) is 14.3. The van der Waals surface area contributed by atoms with Crippen molar-refractivity contribution in [1.29, 1.82) is 0 Å². The molecule has 6 aliphatic heterocycles. The van der Waals surface area contributed by atoms with E-state index in [-0.39, 0.29) is 96.0 Å². The predicted octanol–water partition coefficient (Wildman–Crippen LogP) is 5.84. The minimum absolute atomic E-state index is 0.00811. The lowest BCUT2D eigenvalue weighted by Gasteiger charge is -2.39. The average Bonchev–Trinajstić information content (AvgIpc) is 1.61. The van der Waals surface area contributed by atoms with Gasteiger partial charge in [-0.1, -0.05) is 48.3 Å². The zero-order valence-corrected chi connectivity index (χ0v) is 52.1. The summed E-state index contributed by atoms with van der Waals surface area (Å²) in [5.41, 5.74) is 10.4. The number of carbonyl (C=O) groups is 8. The Morgan fingerprint density at radius 1 is 0.769 bits per heavy atom. The summed E-state index contributed by atoms with van der Waals surface area (Å²) in [5, 5.41) is 22.2. The number of halogens is 1. The van der Waals surface area contributed by atoms with Gasteiger partial charge in [0.2, 0.25) is 23.6 Å². The lowest BCUT2D eigenvalue weighted by Crippen LogP contribution is -2.65. The van der Waals surface area contributed by atoms with Crippen LogP contribution in [-0.4, -0.2) is 183 Å². The van der Waals surface area contributed by atoms with Gasteiger partial charge in [-0.05, 0) is 99.7 Å². The Morgan fingerprint density at radius 2 is 1.53 bits per heavy atom. The second kappa shape index (κ2) is 28.0. The summed E-state index contributed by atoms with van der Waals surface area (Å²) in [6.07, 6.45) is 12.0. The number of aromatic nitrogens is 6. The Morgan fingerprint density at radius 3 is 2.27 bits per heavy atom. The highest BCUT2D eigenvalue weighted by atomic mass is 19.1. The molecule has 25 nitrogen and oxygen atoms in total. The average molecular weight is 1250 g/mol. The van der Waals surface area contributed by atoms with Crippen LogP contribution in [0.25, 0.3) is 32.9 Å². The second-order valence-corrected chi connectivity index (χ2v) is 25.0. The number of rotatable bonds is 24. The number of nitrogens with two attached hydrogens (primary N) is 1.